The molecule has 2 unspecified atom stereocenters. The molecular formula is C14H29NO2. The summed E-state index contributed by atoms with van der Waals surface area (Å²) in [4.78, 5) is 11.9. The van der Waals surface area contributed by atoms with Crippen molar-refractivity contribution in [1.29, 1.82) is 0 Å². The van der Waals surface area contributed by atoms with Gasteiger partial charge in [-0.05, 0) is 39.5 Å². The van der Waals surface area contributed by atoms with Crippen LogP contribution in [0.25, 0.3) is 0 Å². The maximum absolute atomic E-state index is 11.9. The molecule has 0 aliphatic rings. The van der Waals surface area contributed by atoms with Crippen molar-refractivity contribution in [2.75, 3.05) is 6.54 Å². The summed E-state index contributed by atoms with van der Waals surface area (Å²) < 4.78 is 5.36. The third-order valence-electron chi connectivity index (χ3n) is 2.81. The topological polar surface area (TPSA) is 52.3 Å². The molecule has 3 heteroatoms. The molecule has 0 aromatic carbocycles. The number of nitrogens with two attached hydrogens (primary N) is 1. The summed E-state index contributed by atoms with van der Waals surface area (Å²) in [6, 6.07) is 0. The van der Waals surface area contributed by atoms with E-state index in [4.69, 9.17) is 10.5 Å². The molecule has 0 saturated heterocycles. The molecule has 0 heterocycles. The van der Waals surface area contributed by atoms with Crippen LogP contribution in [0.5, 0.6) is 0 Å². The van der Waals surface area contributed by atoms with E-state index < -0.39 is 5.60 Å². The Morgan fingerprint density at radius 2 is 1.82 bits per heavy atom. The molecule has 0 spiro atoms. The lowest BCUT2D eigenvalue weighted by molar-refractivity contribution is -0.159. The zero-order valence-electron chi connectivity index (χ0n) is 12.1. The van der Waals surface area contributed by atoms with E-state index in [0.717, 1.165) is 12.8 Å². The second kappa shape index (κ2) is 7.70. The average Bonchev–Trinajstić information content (AvgIpc) is 2.16. The summed E-state index contributed by atoms with van der Waals surface area (Å²) in [6.45, 7) is 10.5. The third kappa shape index (κ3) is 8.19. The van der Waals surface area contributed by atoms with E-state index in [1.165, 1.54) is 12.8 Å². The van der Waals surface area contributed by atoms with E-state index >= 15 is 0 Å². The lowest BCUT2D eigenvalue weighted by Crippen LogP contribution is -2.32. The normalized spacial score (nSPS) is 15.4. The van der Waals surface area contributed by atoms with Gasteiger partial charge >= 0.3 is 5.97 Å². The summed E-state index contributed by atoms with van der Waals surface area (Å²) in [6.07, 6.45) is 4.30. The van der Waals surface area contributed by atoms with Gasteiger partial charge in [-0.1, -0.05) is 26.7 Å². The van der Waals surface area contributed by atoms with Gasteiger partial charge in [0, 0.05) is 6.54 Å². The maximum Gasteiger partial charge on any atom is 0.310 e. The number of hydrogen-bond donors (Lipinski definition) is 1. The minimum Gasteiger partial charge on any atom is -0.460 e. The van der Waals surface area contributed by atoms with Crippen molar-refractivity contribution in [2.45, 2.75) is 65.9 Å². The van der Waals surface area contributed by atoms with Gasteiger partial charge in [0.1, 0.15) is 5.60 Å². The first kappa shape index (κ1) is 16.4. The Labute approximate surface area is 106 Å². The Hall–Kier alpha value is -0.570. The van der Waals surface area contributed by atoms with E-state index in [0.29, 0.717) is 12.5 Å². The zero-order chi connectivity index (χ0) is 13.5. The Kier molecular flexibility index (Phi) is 7.44. The van der Waals surface area contributed by atoms with Crippen LogP contribution in [0.2, 0.25) is 0 Å². The minimum atomic E-state index is -0.417. The summed E-state index contributed by atoms with van der Waals surface area (Å²) in [7, 11) is 0. The standard InChI is InChI=1S/C14H29NO2/c1-6-7-11(2)8-9-12(10-15)13(16)17-14(3,4)5/h11-12H,6-10,15H2,1-5H3. The maximum atomic E-state index is 11.9. The molecule has 3 nitrogen and oxygen atoms in total. The highest BCUT2D eigenvalue weighted by Gasteiger charge is 2.24. The van der Waals surface area contributed by atoms with Crippen LogP contribution in [0.15, 0.2) is 0 Å². The van der Waals surface area contributed by atoms with E-state index in [1.807, 2.05) is 20.8 Å². The van der Waals surface area contributed by atoms with E-state index in [-0.39, 0.29) is 11.9 Å². The molecule has 17 heavy (non-hydrogen) atoms. The number of rotatable bonds is 7. The van der Waals surface area contributed by atoms with Gasteiger partial charge in [-0.15, -0.1) is 0 Å². The molecule has 0 radical (unpaired) electrons. The number of ether oxygens (including phenoxy) is 1. The van der Waals surface area contributed by atoms with Gasteiger partial charge in [0.15, 0.2) is 0 Å². The lowest BCUT2D eigenvalue weighted by Gasteiger charge is -2.24. The Morgan fingerprint density at radius 3 is 2.24 bits per heavy atom. The van der Waals surface area contributed by atoms with Crippen molar-refractivity contribution in [3.05, 3.63) is 0 Å². The van der Waals surface area contributed by atoms with Crippen LogP contribution in [0.3, 0.4) is 0 Å². The molecule has 0 aliphatic carbocycles. The molecule has 0 aliphatic heterocycles. The van der Waals surface area contributed by atoms with E-state index in [1.54, 1.807) is 0 Å². The van der Waals surface area contributed by atoms with Crippen LogP contribution in [0, 0.1) is 11.8 Å². The SMILES string of the molecule is CCCC(C)CCC(CN)C(=O)OC(C)(C)C. The fourth-order valence-electron chi connectivity index (χ4n) is 1.84. The second-order valence-electron chi connectivity index (χ2n) is 5.94. The summed E-state index contributed by atoms with van der Waals surface area (Å²) in [5.41, 5.74) is 5.23. The molecule has 0 bridgehead atoms. The first-order valence-corrected chi connectivity index (χ1v) is 6.73. The molecular weight excluding hydrogens is 214 g/mol. The molecule has 0 amide bonds. The molecule has 2 N–H and O–H groups in total. The molecule has 2 atom stereocenters. The fraction of sp³-hybridized carbons (Fsp3) is 0.929. The van der Waals surface area contributed by atoms with Gasteiger partial charge in [0.05, 0.1) is 5.92 Å². The average molecular weight is 243 g/mol. The van der Waals surface area contributed by atoms with Crippen molar-refractivity contribution < 1.29 is 9.53 Å². The van der Waals surface area contributed by atoms with Crippen LogP contribution in [-0.4, -0.2) is 18.1 Å². The third-order valence-corrected chi connectivity index (χ3v) is 2.81. The summed E-state index contributed by atoms with van der Waals surface area (Å²) >= 11 is 0. The van der Waals surface area contributed by atoms with Crippen molar-refractivity contribution in [3.63, 3.8) is 0 Å². The van der Waals surface area contributed by atoms with Gasteiger partial charge < -0.3 is 10.5 Å². The quantitative estimate of drug-likeness (QED) is 0.699. The predicted octanol–water partition coefficient (Wildman–Crippen LogP) is 3.12. The highest BCUT2D eigenvalue weighted by Crippen LogP contribution is 2.19. The van der Waals surface area contributed by atoms with Gasteiger partial charge in [0.2, 0.25) is 0 Å². The number of carbonyl (C=O) groups excluding carboxylic acids is 1. The smallest absolute Gasteiger partial charge is 0.310 e. The van der Waals surface area contributed by atoms with Crippen LogP contribution in [-0.2, 0) is 9.53 Å². The summed E-state index contributed by atoms with van der Waals surface area (Å²) in [5, 5.41) is 0. The zero-order valence-corrected chi connectivity index (χ0v) is 12.1. The largest absolute Gasteiger partial charge is 0.460 e. The van der Waals surface area contributed by atoms with Gasteiger partial charge in [-0.3, -0.25) is 4.79 Å². The highest BCUT2D eigenvalue weighted by atomic mass is 16.6. The first-order valence-electron chi connectivity index (χ1n) is 6.73. The molecule has 0 rings (SSSR count). The molecule has 0 fully saturated rings. The number of carbonyl (C=O) groups is 1. The van der Waals surface area contributed by atoms with Gasteiger partial charge in [0.25, 0.3) is 0 Å². The van der Waals surface area contributed by atoms with Crippen molar-refractivity contribution >= 4 is 5.97 Å². The lowest BCUT2D eigenvalue weighted by atomic mass is 9.94. The van der Waals surface area contributed by atoms with Crippen molar-refractivity contribution in [1.82, 2.24) is 0 Å². The van der Waals surface area contributed by atoms with Crippen LogP contribution < -0.4 is 5.73 Å². The number of hydrogen-bond acceptors (Lipinski definition) is 3. The van der Waals surface area contributed by atoms with Crippen molar-refractivity contribution in [3.8, 4) is 0 Å². The Bertz CT molecular complexity index is 221. The van der Waals surface area contributed by atoms with Gasteiger partial charge in [-0.25, -0.2) is 0 Å². The van der Waals surface area contributed by atoms with Crippen LogP contribution >= 0.6 is 0 Å². The fourth-order valence-corrected chi connectivity index (χ4v) is 1.84. The Balaban J connectivity index is 4.10. The number of esters is 1. The monoisotopic (exact) mass is 243 g/mol. The molecule has 0 aromatic heterocycles. The molecule has 102 valence electrons. The predicted molar refractivity (Wildman–Crippen MR) is 71.7 cm³/mol. The second-order valence-corrected chi connectivity index (χ2v) is 5.94. The molecule has 0 saturated carbocycles. The first-order chi connectivity index (χ1) is 7.80. The summed E-state index contributed by atoms with van der Waals surface area (Å²) in [5.74, 6) is 0.369. The highest BCUT2D eigenvalue weighted by molar-refractivity contribution is 5.73. The van der Waals surface area contributed by atoms with Gasteiger partial charge in [-0.2, -0.15) is 0 Å². The molecule has 0 aromatic rings. The van der Waals surface area contributed by atoms with Crippen molar-refractivity contribution in [2.24, 2.45) is 17.6 Å². The van der Waals surface area contributed by atoms with E-state index in [2.05, 4.69) is 13.8 Å². The Morgan fingerprint density at radius 1 is 1.24 bits per heavy atom. The van der Waals surface area contributed by atoms with E-state index in [9.17, 15) is 4.79 Å². The van der Waals surface area contributed by atoms with Crippen LogP contribution in [0.1, 0.15) is 60.3 Å². The van der Waals surface area contributed by atoms with Crippen LogP contribution in [0.4, 0.5) is 0 Å². The minimum absolute atomic E-state index is 0.145.